The zero-order chi connectivity index (χ0) is 15.6. The lowest BCUT2D eigenvalue weighted by molar-refractivity contribution is 0.262. The summed E-state index contributed by atoms with van der Waals surface area (Å²) in [6, 6.07) is 6.34. The van der Waals surface area contributed by atoms with Crippen molar-refractivity contribution in [1.82, 2.24) is 14.9 Å². The van der Waals surface area contributed by atoms with Gasteiger partial charge in [0.05, 0.1) is 12.1 Å². The molecule has 0 spiro atoms. The van der Waals surface area contributed by atoms with E-state index in [0.717, 1.165) is 36.4 Å². The Morgan fingerprint density at radius 2 is 2.04 bits per heavy atom. The summed E-state index contributed by atoms with van der Waals surface area (Å²) < 4.78 is 6.04. The molecule has 3 aromatic rings. The molecule has 0 atom stereocenters. The number of nitrogens with zero attached hydrogens (tertiary/aromatic N) is 2. The average Bonchev–Trinajstić information content (AvgIpc) is 3.19. The molecule has 0 aliphatic carbocycles. The van der Waals surface area contributed by atoms with Crippen LogP contribution in [0.2, 0.25) is 0 Å². The first-order chi connectivity index (χ1) is 11.3. The Bertz CT molecular complexity index is 818. The fraction of sp³-hybridized carbons (Fsp3) is 0.421. The highest BCUT2D eigenvalue weighted by molar-refractivity contribution is 6.07. The molecule has 1 saturated heterocycles. The van der Waals surface area contributed by atoms with Gasteiger partial charge >= 0.3 is 0 Å². The minimum Gasteiger partial charge on any atom is -0.493 e. The molecule has 2 aromatic heterocycles. The van der Waals surface area contributed by atoms with Gasteiger partial charge in [-0.15, -0.1) is 0 Å². The summed E-state index contributed by atoms with van der Waals surface area (Å²) >= 11 is 0. The lowest BCUT2D eigenvalue weighted by atomic mass is 10.1. The van der Waals surface area contributed by atoms with Gasteiger partial charge in [0.1, 0.15) is 5.75 Å². The Morgan fingerprint density at radius 3 is 2.91 bits per heavy atom. The minimum atomic E-state index is 0.782. The van der Waals surface area contributed by atoms with Crippen molar-refractivity contribution in [2.24, 2.45) is 0 Å². The first kappa shape index (κ1) is 14.5. The topological polar surface area (TPSA) is 41.1 Å². The number of rotatable bonds is 5. The molecule has 3 heterocycles. The van der Waals surface area contributed by atoms with Gasteiger partial charge in [0.15, 0.2) is 0 Å². The van der Waals surface area contributed by atoms with Crippen molar-refractivity contribution in [3.63, 3.8) is 0 Å². The molecule has 0 saturated carbocycles. The molecule has 0 radical (unpaired) electrons. The molecular weight excluding hydrogens is 286 g/mol. The second-order valence-corrected chi connectivity index (χ2v) is 6.46. The molecule has 1 aliphatic heterocycles. The summed E-state index contributed by atoms with van der Waals surface area (Å²) in [7, 11) is 0. The molecule has 0 unspecified atom stereocenters. The maximum absolute atomic E-state index is 6.04. The normalized spacial score (nSPS) is 15.7. The third-order valence-corrected chi connectivity index (χ3v) is 4.77. The van der Waals surface area contributed by atoms with Gasteiger partial charge in [-0.25, -0.2) is 0 Å². The summed E-state index contributed by atoms with van der Waals surface area (Å²) in [5.74, 6) is 0.985. The Kier molecular flexibility index (Phi) is 3.92. The molecule has 1 aromatic carbocycles. The molecule has 4 nitrogen and oxygen atoms in total. The van der Waals surface area contributed by atoms with E-state index < -0.39 is 0 Å². The number of hydrogen-bond acceptors (Lipinski definition) is 3. The van der Waals surface area contributed by atoms with Crippen LogP contribution in [0.3, 0.4) is 0 Å². The van der Waals surface area contributed by atoms with Crippen LogP contribution in [0, 0.1) is 6.92 Å². The van der Waals surface area contributed by atoms with Crippen LogP contribution >= 0.6 is 0 Å². The Balaban J connectivity index is 1.48. The van der Waals surface area contributed by atoms with Gasteiger partial charge in [-0.2, -0.15) is 0 Å². The molecule has 1 fully saturated rings. The number of aromatic amines is 1. The van der Waals surface area contributed by atoms with Crippen molar-refractivity contribution >= 4 is 21.8 Å². The first-order valence-electron chi connectivity index (χ1n) is 8.52. The molecule has 0 amide bonds. The van der Waals surface area contributed by atoms with E-state index in [1.54, 1.807) is 0 Å². The zero-order valence-corrected chi connectivity index (χ0v) is 13.6. The number of fused-ring (bicyclic) bond motifs is 3. The van der Waals surface area contributed by atoms with Crippen molar-refractivity contribution in [2.75, 3.05) is 26.2 Å². The highest BCUT2D eigenvalue weighted by atomic mass is 16.5. The monoisotopic (exact) mass is 309 g/mol. The Labute approximate surface area is 136 Å². The van der Waals surface area contributed by atoms with Gasteiger partial charge in [0.2, 0.25) is 0 Å². The van der Waals surface area contributed by atoms with Gasteiger partial charge in [0.25, 0.3) is 0 Å². The van der Waals surface area contributed by atoms with E-state index in [4.69, 9.17) is 4.74 Å². The molecule has 0 bridgehead atoms. The van der Waals surface area contributed by atoms with Crippen LogP contribution in [0.5, 0.6) is 5.75 Å². The number of nitrogens with one attached hydrogen (secondary N) is 1. The second-order valence-electron chi connectivity index (χ2n) is 6.46. The molecular formula is C19H23N3O. The van der Waals surface area contributed by atoms with Crippen LogP contribution in [-0.4, -0.2) is 41.1 Å². The summed E-state index contributed by atoms with van der Waals surface area (Å²) in [6.45, 7) is 6.57. The Hall–Kier alpha value is -2.07. The standard InChI is InChI=1S/C19H23N3O/c1-14-11-15-16-13-20-6-5-17(16)21-18(15)12-19(14)23-10-4-9-22-7-2-3-8-22/h5-6,11-13,21H,2-4,7-10H2,1H3. The lowest BCUT2D eigenvalue weighted by Gasteiger charge is -2.15. The number of ether oxygens (including phenoxy) is 1. The van der Waals surface area contributed by atoms with Crippen LogP contribution in [0.4, 0.5) is 0 Å². The van der Waals surface area contributed by atoms with E-state index in [9.17, 15) is 0 Å². The van der Waals surface area contributed by atoms with Crippen molar-refractivity contribution < 1.29 is 4.74 Å². The van der Waals surface area contributed by atoms with E-state index in [2.05, 4.69) is 33.9 Å². The molecule has 1 aliphatic rings. The van der Waals surface area contributed by atoms with E-state index in [-0.39, 0.29) is 0 Å². The maximum atomic E-state index is 6.04. The third kappa shape index (κ3) is 2.91. The van der Waals surface area contributed by atoms with E-state index in [1.165, 1.54) is 42.3 Å². The maximum Gasteiger partial charge on any atom is 0.124 e. The van der Waals surface area contributed by atoms with Crippen LogP contribution < -0.4 is 4.74 Å². The van der Waals surface area contributed by atoms with Gasteiger partial charge < -0.3 is 14.6 Å². The number of H-pyrrole nitrogens is 1. The predicted octanol–water partition coefficient (Wildman–Crippen LogP) is 3.89. The number of aryl methyl sites for hydroxylation is 1. The molecule has 1 N–H and O–H groups in total. The van der Waals surface area contributed by atoms with Gasteiger partial charge in [0, 0.05) is 41.3 Å². The van der Waals surface area contributed by atoms with Crippen LogP contribution in [0.1, 0.15) is 24.8 Å². The van der Waals surface area contributed by atoms with Gasteiger partial charge in [-0.3, -0.25) is 4.98 Å². The van der Waals surface area contributed by atoms with Gasteiger partial charge in [-0.05, 0) is 57.0 Å². The molecule has 23 heavy (non-hydrogen) atoms. The summed E-state index contributed by atoms with van der Waals surface area (Å²) in [4.78, 5) is 10.2. The number of aromatic nitrogens is 2. The van der Waals surface area contributed by atoms with E-state index in [0.29, 0.717) is 0 Å². The fourth-order valence-electron chi connectivity index (χ4n) is 3.51. The van der Waals surface area contributed by atoms with E-state index >= 15 is 0 Å². The molecule has 4 rings (SSSR count). The van der Waals surface area contributed by atoms with Crippen molar-refractivity contribution in [3.05, 3.63) is 36.2 Å². The highest BCUT2D eigenvalue weighted by Crippen LogP contribution is 2.30. The summed E-state index contributed by atoms with van der Waals surface area (Å²) in [5, 5.41) is 2.39. The zero-order valence-electron chi connectivity index (χ0n) is 13.6. The number of pyridine rings is 1. The molecule has 120 valence electrons. The van der Waals surface area contributed by atoms with E-state index in [1.807, 2.05) is 18.5 Å². The van der Waals surface area contributed by atoms with Crippen LogP contribution in [-0.2, 0) is 0 Å². The number of hydrogen-bond donors (Lipinski definition) is 1. The average molecular weight is 309 g/mol. The predicted molar refractivity (Wildman–Crippen MR) is 94.1 cm³/mol. The molecule has 4 heteroatoms. The van der Waals surface area contributed by atoms with Gasteiger partial charge in [-0.1, -0.05) is 0 Å². The highest BCUT2D eigenvalue weighted by Gasteiger charge is 2.11. The summed E-state index contributed by atoms with van der Waals surface area (Å²) in [6.07, 6.45) is 7.54. The lowest BCUT2D eigenvalue weighted by Crippen LogP contribution is -2.21. The van der Waals surface area contributed by atoms with Crippen molar-refractivity contribution in [3.8, 4) is 5.75 Å². The quantitative estimate of drug-likeness (QED) is 0.727. The number of benzene rings is 1. The number of likely N-dealkylation sites (tertiary alicyclic amines) is 1. The largest absolute Gasteiger partial charge is 0.493 e. The first-order valence-corrected chi connectivity index (χ1v) is 8.52. The smallest absolute Gasteiger partial charge is 0.124 e. The summed E-state index contributed by atoms with van der Waals surface area (Å²) in [5.41, 5.74) is 3.43. The van der Waals surface area contributed by atoms with Crippen LogP contribution in [0.25, 0.3) is 21.8 Å². The fourth-order valence-corrected chi connectivity index (χ4v) is 3.51. The third-order valence-electron chi connectivity index (χ3n) is 4.77. The minimum absolute atomic E-state index is 0.782. The SMILES string of the molecule is Cc1cc2c(cc1OCCCN1CCCC1)[nH]c1ccncc12. The second kappa shape index (κ2) is 6.20. The van der Waals surface area contributed by atoms with Crippen molar-refractivity contribution in [2.45, 2.75) is 26.2 Å². The Morgan fingerprint density at radius 1 is 1.17 bits per heavy atom. The van der Waals surface area contributed by atoms with Crippen LogP contribution in [0.15, 0.2) is 30.6 Å². The van der Waals surface area contributed by atoms with Crippen molar-refractivity contribution in [1.29, 1.82) is 0 Å².